The summed E-state index contributed by atoms with van der Waals surface area (Å²) in [5, 5.41) is 0. The molecule has 0 bridgehead atoms. The average Bonchev–Trinajstić information content (AvgIpc) is 3.47. The van der Waals surface area contributed by atoms with Gasteiger partial charge in [0, 0.05) is 63.4 Å². The van der Waals surface area contributed by atoms with Crippen LogP contribution in [0.5, 0.6) is 0 Å². The number of ether oxygens (including phenoxy) is 1. The second kappa shape index (κ2) is 7.26. The fourth-order valence-corrected chi connectivity index (χ4v) is 4.67. The number of rotatable bonds is 5. The molecule has 2 saturated heterocycles. The first-order valence-electron chi connectivity index (χ1n) is 10.2. The lowest BCUT2D eigenvalue weighted by Crippen LogP contribution is -2.60. The summed E-state index contributed by atoms with van der Waals surface area (Å²) >= 11 is 0. The lowest BCUT2D eigenvalue weighted by atomic mass is 9.83. The Balaban J connectivity index is 1.44. The number of carbonyl (C=O) groups excluding carboxylic acids is 1. The molecule has 2 aromatic heterocycles. The number of morpholine rings is 1. The lowest BCUT2D eigenvalue weighted by molar-refractivity contribution is -0.173. The number of likely N-dealkylation sites (tertiary alicyclic amines) is 1. The van der Waals surface area contributed by atoms with E-state index in [0.717, 1.165) is 30.1 Å². The Kier molecular flexibility index (Phi) is 4.61. The normalized spacial score (nSPS) is 28.2. The van der Waals surface area contributed by atoms with E-state index in [0.29, 0.717) is 26.2 Å². The summed E-state index contributed by atoms with van der Waals surface area (Å²) in [5.41, 5.74) is 1.40. The molecule has 4 heterocycles. The van der Waals surface area contributed by atoms with E-state index in [-0.39, 0.29) is 11.8 Å². The highest BCUT2D eigenvalue weighted by Crippen LogP contribution is 2.43. The number of aromatic nitrogens is 2. The molecule has 6 nitrogen and oxygen atoms in total. The zero-order valence-corrected chi connectivity index (χ0v) is 16.0. The molecule has 0 unspecified atom stereocenters. The van der Waals surface area contributed by atoms with Crippen molar-refractivity contribution in [3.63, 3.8) is 0 Å². The summed E-state index contributed by atoms with van der Waals surface area (Å²) in [6.45, 7) is 4.41. The molecule has 1 saturated carbocycles. The molecule has 5 rings (SSSR count). The molecule has 146 valence electrons. The first-order chi connectivity index (χ1) is 13.7. The van der Waals surface area contributed by atoms with Gasteiger partial charge in [0.2, 0.25) is 0 Å². The van der Waals surface area contributed by atoms with Gasteiger partial charge in [0.15, 0.2) is 5.60 Å². The van der Waals surface area contributed by atoms with Crippen molar-refractivity contribution in [2.24, 2.45) is 5.92 Å². The lowest BCUT2D eigenvalue weighted by Gasteiger charge is -2.42. The topological polar surface area (TPSA) is 58.6 Å². The molecular weight excluding hydrogens is 352 g/mol. The minimum Gasteiger partial charge on any atom is -0.361 e. The maximum Gasteiger partial charge on any atom is 0.257 e. The van der Waals surface area contributed by atoms with Crippen molar-refractivity contribution in [1.82, 2.24) is 19.8 Å². The quantitative estimate of drug-likeness (QED) is 0.797. The summed E-state index contributed by atoms with van der Waals surface area (Å²) in [5.74, 6) is 0.923. The molecular formula is C22H26N4O2. The molecule has 2 aromatic rings. The van der Waals surface area contributed by atoms with Gasteiger partial charge in [-0.15, -0.1) is 0 Å². The Morgan fingerprint density at radius 2 is 2.00 bits per heavy atom. The Bertz CT molecular complexity index is 827. The molecule has 6 heteroatoms. The van der Waals surface area contributed by atoms with Gasteiger partial charge in [0.1, 0.15) is 0 Å². The summed E-state index contributed by atoms with van der Waals surface area (Å²) in [7, 11) is 0. The zero-order valence-electron chi connectivity index (χ0n) is 16.0. The monoisotopic (exact) mass is 378 g/mol. The predicted octanol–water partition coefficient (Wildman–Crippen LogP) is 2.08. The van der Waals surface area contributed by atoms with Crippen LogP contribution in [0.1, 0.15) is 29.9 Å². The minimum atomic E-state index is -0.802. The van der Waals surface area contributed by atoms with Crippen molar-refractivity contribution in [3.8, 4) is 0 Å². The molecule has 0 aromatic carbocycles. The largest absolute Gasteiger partial charge is 0.361 e. The zero-order chi connectivity index (χ0) is 19.0. The minimum absolute atomic E-state index is 0.0210. The summed E-state index contributed by atoms with van der Waals surface area (Å²) in [6, 6.07) is 7.98. The summed E-state index contributed by atoms with van der Waals surface area (Å²) < 4.78 is 6.33. The van der Waals surface area contributed by atoms with Crippen molar-refractivity contribution in [3.05, 3.63) is 60.2 Å². The third-order valence-electron chi connectivity index (χ3n) is 6.26. The first kappa shape index (κ1) is 17.8. The van der Waals surface area contributed by atoms with E-state index in [9.17, 15) is 4.79 Å². The smallest absolute Gasteiger partial charge is 0.257 e. The van der Waals surface area contributed by atoms with Gasteiger partial charge in [-0.1, -0.05) is 6.07 Å². The van der Waals surface area contributed by atoms with Crippen molar-refractivity contribution in [1.29, 1.82) is 0 Å². The fraction of sp³-hybridized carbons (Fsp3) is 0.500. The van der Waals surface area contributed by atoms with Gasteiger partial charge in [-0.25, -0.2) is 0 Å². The molecule has 28 heavy (non-hydrogen) atoms. The highest BCUT2D eigenvalue weighted by Gasteiger charge is 2.57. The van der Waals surface area contributed by atoms with Gasteiger partial charge in [0.25, 0.3) is 5.91 Å². The Morgan fingerprint density at radius 3 is 2.75 bits per heavy atom. The van der Waals surface area contributed by atoms with Crippen molar-refractivity contribution in [2.75, 3.05) is 32.8 Å². The first-order valence-corrected chi connectivity index (χ1v) is 10.2. The highest BCUT2D eigenvalue weighted by molar-refractivity contribution is 5.88. The van der Waals surface area contributed by atoms with Crippen LogP contribution in [0.15, 0.2) is 49.1 Å². The van der Waals surface area contributed by atoms with Gasteiger partial charge < -0.3 is 9.64 Å². The maximum atomic E-state index is 13.7. The van der Waals surface area contributed by atoms with E-state index in [1.807, 2.05) is 29.3 Å². The maximum absolute atomic E-state index is 13.7. The third-order valence-corrected chi connectivity index (χ3v) is 6.26. The molecule has 3 fully saturated rings. The molecule has 1 aliphatic carbocycles. The van der Waals surface area contributed by atoms with Crippen LogP contribution < -0.4 is 0 Å². The van der Waals surface area contributed by atoms with E-state index in [1.165, 1.54) is 12.8 Å². The van der Waals surface area contributed by atoms with Crippen LogP contribution >= 0.6 is 0 Å². The van der Waals surface area contributed by atoms with E-state index < -0.39 is 5.60 Å². The van der Waals surface area contributed by atoms with Crippen LogP contribution in [-0.2, 0) is 16.1 Å². The number of carbonyl (C=O) groups is 1. The van der Waals surface area contributed by atoms with Crippen molar-refractivity contribution >= 4 is 5.91 Å². The molecule has 1 amide bonds. The highest BCUT2D eigenvalue weighted by atomic mass is 16.5. The Labute approximate surface area is 165 Å². The number of nitrogens with zero attached hydrogens (tertiary/aromatic N) is 4. The van der Waals surface area contributed by atoms with Crippen molar-refractivity contribution in [2.45, 2.75) is 30.9 Å². The molecule has 3 aliphatic rings. The van der Waals surface area contributed by atoms with Gasteiger partial charge >= 0.3 is 0 Å². The van der Waals surface area contributed by atoms with Crippen LogP contribution in [0.2, 0.25) is 0 Å². The number of hydrogen-bond acceptors (Lipinski definition) is 5. The van der Waals surface area contributed by atoms with Crippen LogP contribution in [0.4, 0.5) is 0 Å². The second-order valence-corrected chi connectivity index (χ2v) is 8.30. The summed E-state index contributed by atoms with van der Waals surface area (Å²) in [6.07, 6.45) is 9.86. The second-order valence-electron chi connectivity index (χ2n) is 8.30. The van der Waals surface area contributed by atoms with E-state index in [2.05, 4.69) is 20.9 Å². The molecule has 1 spiro atoms. The van der Waals surface area contributed by atoms with Crippen LogP contribution in [0, 0.1) is 5.92 Å². The average molecular weight is 378 g/mol. The van der Waals surface area contributed by atoms with Crippen LogP contribution in [-0.4, -0.2) is 64.1 Å². The van der Waals surface area contributed by atoms with E-state index in [4.69, 9.17) is 4.74 Å². The van der Waals surface area contributed by atoms with Gasteiger partial charge in [-0.2, -0.15) is 0 Å². The van der Waals surface area contributed by atoms with Crippen molar-refractivity contribution < 1.29 is 9.53 Å². The standard InChI is InChI=1S/C22H26N4O2/c27-21-22(28-11-10-26(21)14-18-5-8-23-9-6-18)16-25(13-17-3-4-17)15-20(22)19-2-1-7-24-12-19/h1-2,5-9,12,17,20H,3-4,10-11,13-16H2/t20-,22-/m0/s1. The molecule has 2 aliphatic heterocycles. The van der Waals surface area contributed by atoms with Gasteiger partial charge in [0.05, 0.1) is 6.61 Å². The van der Waals surface area contributed by atoms with Gasteiger partial charge in [-0.05, 0) is 48.1 Å². The number of hydrogen-bond donors (Lipinski definition) is 0. The number of amides is 1. The summed E-state index contributed by atoms with van der Waals surface area (Å²) in [4.78, 5) is 26.5. The molecule has 0 N–H and O–H groups in total. The Morgan fingerprint density at radius 1 is 1.14 bits per heavy atom. The fourth-order valence-electron chi connectivity index (χ4n) is 4.67. The third kappa shape index (κ3) is 3.31. The predicted molar refractivity (Wildman–Crippen MR) is 104 cm³/mol. The van der Waals surface area contributed by atoms with E-state index >= 15 is 0 Å². The molecule has 2 atom stereocenters. The molecule has 0 radical (unpaired) electrons. The van der Waals surface area contributed by atoms with Crippen LogP contribution in [0.3, 0.4) is 0 Å². The SMILES string of the molecule is O=C1N(Cc2ccncc2)CCO[C@]12CN(CC1CC1)C[C@H]2c1cccnc1. The Hall–Kier alpha value is -2.31. The van der Waals surface area contributed by atoms with Gasteiger partial charge in [-0.3, -0.25) is 19.7 Å². The van der Waals surface area contributed by atoms with E-state index in [1.54, 1.807) is 18.6 Å². The number of pyridine rings is 2. The van der Waals surface area contributed by atoms with Crippen LogP contribution in [0.25, 0.3) is 0 Å².